The van der Waals surface area contributed by atoms with Crippen molar-refractivity contribution < 1.29 is 4.79 Å². The second kappa shape index (κ2) is 7.03. The van der Waals surface area contributed by atoms with Gasteiger partial charge in [-0.15, -0.1) is 0 Å². The smallest absolute Gasteiger partial charge is 0.209 e. The Balaban J connectivity index is 1.89. The van der Waals surface area contributed by atoms with Gasteiger partial charge in [-0.2, -0.15) is 0 Å². The van der Waals surface area contributed by atoms with Crippen molar-refractivity contribution in [3.8, 4) is 0 Å². The summed E-state index contributed by atoms with van der Waals surface area (Å²) in [5.41, 5.74) is 3.17. The maximum absolute atomic E-state index is 13.2. The maximum atomic E-state index is 13.2. The monoisotopic (exact) mass is 357 g/mol. The molecule has 0 aliphatic rings. The van der Waals surface area contributed by atoms with Gasteiger partial charge in [-0.05, 0) is 41.3 Å². The molecule has 0 N–H and O–H groups in total. The normalized spacial score (nSPS) is 11.7. The quantitative estimate of drug-likeness (QED) is 0.316. The molecule has 4 rings (SSSR count). The molecule has 2 nitrogen and oxygen atoms in total. The number of allylic oxidation sites excluding steroid dienone is 1. The molecular weight excluding hydrogens is 342 g/mol. The molecule has 0 amide bonds. The Labute approximate surface area is 157 Å². The van der Waals surface area contributed by atoms with Gasteiger partial charge in [0.1, 0.15) is 0 Å². The first kappa shape index (κ1) is 16.4. The van der Waals surface area contributed by atoms with E-state index >= 15 is 0 Å². The van der Waals surface area contributed by atoms with Crippen LogP contribution >= 0.6 is 11.6 Å². The van der Waals surface area contributed by atoms with E-state index < -0.39 is 0 Å². The van der Waals surface area contributed by atoms with Gasteiger partial charge in [0.15, 0.2) is 0 Å². The first-order valence-electron chi connectivity index (χ1n) is 8.36. The Bertz CT molecular complexity index is 1090. The molecule has 1 aromatic heterocycles. The van der Waals surface area contributed by atoms with Crippen LogP contribution in [0.15, 0.2) is 91.1 Å². The molecule has 3 heteroatoms. The highest BCUT2D eigenvalue weighted by molar-refractivity contribution is 6.31. The third-order valence-electron chi connectivity index (χ3n) is 4.30. The summed E-state index contributed by atoms with van der Waals surface area (Å²) in [6.07, 6.45) is 3.84. The number of rotatable bonds is 4. The molecule has 26 heavy (non-hydrogen) atoms. The number of carbonyl (C=O) groups is 1. The third kappa shape index (κ3) is 3.19. The van der Waals surface area contributed by atoms with E-state index in [1.807, 2.05) is 102 Å². The average Bonchev–Trinajstić information content (AvgIpc) is 3.12. The lowest BCUT2D eigenvalue weighted by Crippen LogP contribution is -2.08. The topological polar surface area (TPSA) is 22.0 Å². The SMILES string of the molecule is O=C(/C(=C/c1ccc(Cl)cc1)n1ccc2ccccc21)c1ccccc1. The van der Waals surface area contributed by atoms with Crippen LogP contribution in [0.25, 0.3) is 22.7 Å². The molecule has 0 fully saturated rings. The first-order valence-corrected chi connectivity index (χ1v) is 8.74. The van der Waals surface area contributed by atoms with Gasteiger partial charge >= 0.3 is 0 Å². The highest BCUT2D eigenvalue weighted by Crippen LogP contribution is 2.24. The lowest BCUT2D eigenvalue weighted by molar-refractivity contribution is 0.105. The van der Waals surface area contributed by atoms with Crippen LogP contribution in [0.2, 0.25) is 5.02 Å². The number of nitrogens with zero attached hydrogens (tertiary/aromatic N) is 1. The summed E-state index contributed by atoms with van der Waals surface area (Å²) < 4.78 is 1.94. The van der Waals surface area contributed by atoms with Crippen LogP contribution in [0.4, 0.5) is 0 Å². The minimum absolute atomic E-state index is 0.0260. The number of fused-ring (bicyclic) bond motifs is 1. The van der Waals surface area contributed by atoms with Crippen molar-refractivity contribution in [2.75, 3.05) is 0 Å². The fraction of sp³-hybridized carbons (Fsp3) is 0. The molecule has 126 valence electrons. The molecule has 0 atom stereocenters. The number of para-hydroxylation sites is 1. The molecule has 0 aliphatic carbocycles. The summed E-state index contributed by atoms with van der Waals surface area (Å²) in [5.74, 6) is -0.0260. The van der Waals surface area contributed by atoms with E-state index in [-0.39, 0.29) is 5.78 Å². The second-order valence-electron chi connectivity index (χ2n) is 6.02. The largest absolute Gasteiger partial charge is 0.313 e. The minimum Gasteiger partial charge on any atom is -0.313 e. The number of hydrogen-bond acceptors (Lipinski definition) is 1. The van der Waals surface area contributed by atoms with E-state index in [0.29, 0.717) is 16.3 Å². The van der Waals surface area contributed by atoms with Crippen LogP contribution in [-0.4, -0.2) is 10.4 Å². The van der Waals surface area contributed by atoms with Gasteiger partial charge in [0.2, 0.25) is 5.78 Å². The standard InChI is InChI=1S/C23H16ClNO/c24-20-12-10-17(11-13-20)16-22(23(26)19-7-2-1-3-8-19)25-15-14-18-6-4-5-9-21(18)25/h1-16H/b22-16-. The molecule has 0 spiro atoms. The van der Waals surface area contributed by atoms with Gasteiger partial charge in [0.05, 0.1) is 11.2 Å². The van der Waals surface area contributed by atoms with Crippen LogP contribution in [0.3, 0.4) is 0 Å². The molecule has 4 aromatic rings. The fourth-order valence-corrected chi connectivity index (χ4v) is 3.12. The van der Waals surface area contributed by atoms with Gasteiger partial charge in [-0.25, -0.2) is 0 Å². The molecule has 0 bridgehead atoms. The fourth-order valence-electron chi connectivity index (χ4n) is 2.99. The Kier molecular flexibility index (Phi) is 4.42. The number of Topliss-reactive ketones (excluding diaryl/α,β-unsaturated/α-hetero) is 1. The van der Waals surface area contributed by atoms with Crippen molar-refractivity contribution in [1.29, 1.82) is 0 Å². The molecule has 0 aliphatic heterocycles. The van der Waals surface area contributed by atoms with Crippen molar-refractivity contribution >= 4 is 40.1 Å². The zero-order valence-electron chi connectivity index (χ0n) is 14.0. The first-order chi connectivity index (χ1) is 12.7. The maximum Gasteiger partial charge on any atom is 0.209 e. The lowest BCUT2D eigenvalue weighted by Gasteiger charge is -2.11. The van der Waals surface area contributed by atoms with E-state index in [9.17, 15) is 4.79 Å². The number of halogens is 1. The Morgan fingerprint density at radius 2 is 1.50 bits per heavy atom. The zero-order chi connectivity index (χ0) is 17.9. The lowest BCUT2D eigenvalue weighted by atomic mass is 10.1. The Morgan fingerprint density at radius 3 is 2.27 bits per heavy atom. The van der Waals surface area contributed by atoms with Gasteiger partial charge in [0.25, 0.3) is 0 Å². The van der Waals surface area contributed by atoms with Crippen molar-refractivity contribution in [2.24, 2.45) is 0 Å². The van der Waals surface area contributed by atoms with Gasteiger partial charge < -0.3 is 4.57 Å². The Hall–Kier alpha value is -3.10. The van der Waals surface area contributed by atoms with Crippen molar-refractivity contribution in [1.82, 2.24) is 4.57 Å². The molecule has 3 aromatic carbocycles. The second-order valence-corrected chi connectivity index (χ2v) is 6.46. The molecule has 1 heterocycles. The number of aromatic nitrogens is 1. The zero-order valence-corrected chi connectivity index (χ0v) is 14.7. The third-order valence-corrected chi connectivity index (χ3v) is 4.55. The minimum atomic E-state index is -0.0260. The van der Waals surface area contributed by atoms with Gasteiger partial charge in [-0.1, -0.05) is 72.3 Å². The number of benzene rings is 3. The highest BCUT2D eigenvalue weighted by Gasteiger charge is 2.16. The average molecular weight is 358 g/mol. The van der Waals surface area contributed by atoms with E-state index in [4.69, 9.17) is 11.6 Å². The predicted molar refractivity (Wildman–Crippen MR) is 108 cm³/mol. The van der Waals surface area contributed by atoms with Crippen LogP contribution in [0, 0.1) is 0 Å². The number of ketones is 1. The summed E-state index contributed by atoms with van der Waals surface area (Å²) in [7, 11) is 0. The van der Waals surface area contributed by atoms with Crippen LogP contribution < -0.4 is 0 Å². The van der Waals surface area contributed by atoms with E-state index in [1.165, 1.54) is 0 Å². The van der Waals surface area contributed by atoms with Crippen molar-refractivity contribution in [2.45, 2.75) is 0 Å². The molecule has 0 unspecified atom stereocenters. The molecule has 0 saturated heterocycles. The van der Waals surface area contributed by atoms with Gasteiger partial charge in [0, 0.05) is 16.8 Å². The van der Waals surface area contributed by atoms with Crippen LogP contribution in [-0.2, 0) is 0 Å². The molecule has 0 radical (unpaired) electrons. The summed E-state index contributed by atoms with van der Waals surface area (Å²) in [6, 6.07) is 26.8. The summed E-state index contributed by atoms with van der Waals surface area (Å²) >= 11 is 5.99. The molecule has 0 saturated carbocycles. The predicted octanol–water partition coefficient (Wildman–Crippen LogP) is 6.18. The molecular formula is C23H16ClNO. The summed E-state index contributed by atoms with van der Waals surface area (Å²) in [4.78, 5) is 13.2. The number of hydrogen-bond donors (Lipinski definition) is 0. The van der Waals surface area contributed by atoms with Crippen LogP contribution in [0.5, 0.6) is 0 Å². The van der Waals surface area contributed by atoms with Crippen molar-refractivity contribution in [3.05, 3.63) is 107 Å². The van der Waals surface area contributed by atoms with E-state index in [2.05, 4.69) is 0 Å². The summed E-state index contributed by atoms with van der Waals surface area (Å²) in [6.45, 7) is 0. The number of carbonyl (C=O) groups excluding carboxylic acids is 1. The van der Waals surface area contributed by atoms with Crippen molar-refractivity contribution in [3.63, 3.8) is 0 Å². The Morgan fingerprint density at radius 1 is 0.808 bits per heavy atom. The summed E-state index contributed by atoms with van der Waals surface area (Å²) in [5, 5.41) is 1.76. The van der Waals surface area contributed by atoms with Crippen LogP contribution in [0.1, 0.15) is 15.9 Å². The highest BCUT2D eigenvalue weighted by atomic mass is 35.5. The van der Waals surface area contributed by atoms with Gasteiger partial charge in [-0.3, -0.25) is 4.79 Å². The van der Waals surface area contributed by atoms with E-state index in [1.54, 1.807) is 0 Å². The van der Waals surface area contributed by atoms with E-state index in [0.717, 1.165) is 16.5 Å².